The molecule has 2 aromatic rings. The molecule has 3 nitrogen and oxygen atoms in total. The summed E-state index contributed by atoms with van der Waals surface area (Å²) in [7, 11) is 0. The van der Waals surface area contributed by atoms with Gasteiger partial charge in [-0.05, 0) is 30.3 Å². The van der Waals surface area contributed by atoms with Crippen molar-refractivity contribution in [2.75, 3.05) is 0 Å². The maximum absolute atomic E-state index is 11.9. The quantitative estimate of drug-likeness (QED) is 0.636. The van der Waals surface area contributed by atoms with E-state index in [1.165, 1.54) is 6.07 Å². The van der Waals surface area contributed by atoms with Crippen LogP contribution in [0.3, 0.4) is 0 Å². The molecule has 0 aliphatic rings. The fraction of sp³-hybridized carbons (Fsp3) is 0.0667. The second kappa shape index (κ2) is 6.42. The van der Waals surface area contributed by atoms with Crippen LogP contribution in [0.15, 0.2) is 42.5 Å². The lowest BCUT2D eigenvalue weighted by molar-refractivity contribution is -0.133. The third-order valence-corrected chi connectivity index (χ3v) is 3.29. The highest BCUT2D eigenvalue weighted by atomic mass is 35.5. The van der Waals surface area contributed by atoms with E-state index in [-0.39, 0.29) is 6.42 Å². The van der Waals surface area contributed by atoms with Crippen molar-refractivity contribution in [3.8, 4) is 11.8 Å². The zero-order chi connectivity index (χ0) is 14.5. The van der Waals surface area contributed by atoms with Gasteiger partial charge in [0.05, 0.1) is 18.1 Å². The van der Waals surface area contributed by atoms with Gasteiger partial charge < -0.3 is 4.74 Å². The summed E-state index contributed by atoms with van der Waals surface area (Å²) in [5, 5.41) is 9.61. The van der Waals surface area contributed by atoms with E-state index in [4.69, 9.17) is 33.2 Å². The van der Waals surface area contributed by atoms with Crippen molar-refractivity contribution in [3.05, 3.63) is 63.6 Å². The number of halogens is 2. The molecule has 0 saturated carbocycles. The molecular formula is C15H9Cl2NO2. The number of nitrogens with zero attached hydrogens (tertiary/aromatic N) is 1. The summed E-state index contributed by atoms with van der Waals surface area (Å²) in [6, 6.07) is 13.4. The predicted octanol–water partition coefficient (Wildman–Crippen LogP) is 4.01. The molecule has 0 spiro atoms. The summed E-state index contributed by atoms with van der Waals surface area (Å²) >= 11 is 12.0. The van der Waals surface area contributed by atoms with Crippen LogP contribution in [0.25, 0.3) is 0 Å². The Balaban J connectivity index is 2.11. The van der Waals surface area contributed by atoms with E-state index in [9.17, 15) is 4.79 Å². The maximum atomic E-state index is 11.9. The molecule has 0 fully saturated rings. The third-order valence-electron chi connectivity index (χ3n) is 2.58. The standard InChI is InChI=1S/C15H9Cl2NO2/c16-13-5-2-6-14(17)12(13)8-15(19)20-11-4-1-3-10(7-11)9-18/h1-7H,8H2. The number of carbonyl (C=O) groups excluding carboxylic acids is 1. The lowest BCUT2D eigenvalue weighted by Gasteiger charge is -2.07. The molecule has 0 saturated heterocycles. The summed E-state index contributed by atoms with van der Waals surface area (Å²) in [4.78, 5) is 11.9. The maximum Gasteiger partial charge on any atom is 0.315 e. The van der Waals surface area contributed by atoms with E-state index in [2.05, 4.69) is 0 Å². The fourth-order valence-electron chi connectivity index (χ4n) is 1.64. The largest absolute Gasteiger partial charge is 0.426 e. The first kappa shape index (κ1) is 14.4. The van der Waals surface area contributed by atoms with Gasteiger partial charge in [0.2, 0.25) is 0 Å². The van der Waals surface area contributed by atoms with Crippen LogP contribution in [0.1, 0.15) is 11.1 Å². The first-order chi connectivity index (χ1) is 9.60. The van der Waals surface area contributed by atoms with Gasteiger partial charge in [-0.25, -0.2) is 0 Å². The van der Waals surface area contributed by atoms with E-state index in [1.54, 1.807) is 36.4 Å². The average molecular weight is 306 g/mol. The van der Waals surface area contributed by atoms with Gasteiger partial charge in [-0.15, -0.1) is 0 Å². The fourth-order valence-corrected chi connectivity index (χ4v) is 2.17. The predicted molar refractivity (Wildman–Crippen MR) is 77.0 cm³/mol. The molecule has 20 heavy (non-hydrogen) atoms. The van der Waals surface area contributed by atoms with Crippen molar-refractivity contribution in [2.45, 2.75) is 6.42 Å². The summed E-state index contributed by atoms with van der Waals surface area (Å²) in [6.45, 7) is 0. The van der Waals surface area contributed by atoms with Crippen molar-refractivity contribution in [3.63, 3.8) is 0 Å². The van der Waals surface area contributed by atoms with Crippen LogP contribution in [-0.2, 0) is 11.2 Å². The number of esters is 1. The average Bonchev–Trinajstić information content (AvgIpc) is 2.43. The molecule has 0 radical (unpaired) electrons. The highest BCUT2D eigenvalue weighted by Gasteiger charge is 2.12. The highest BCUT2D eigenvalue weighted by Crippen LogP contribution is 2.25. The Labute approximate surface area is 126 Å². The van der Waals surface area contributed by atoms with Gasteiger partial charge in [0.1, 0.15) is 5.75 Å². The molecule has 0 unspecified atom stereocenters. The Morgan fingerprint density at radius 3 is 2.45 bits per heavy atom. The summed E-state index contributed by atoms with van der Waals surface area (Å²) in [5.74, 6) is -0.174. The monoisotopic (exact) mass is 305 g/mol. The zero-order valence-electron chi connectivity index (χ0n) is 10.3. The Kier molecular flexibility index (Phi) is 4.62. The summed E-state index contributed by atoms with van der Waals surface area (Å²) < 4.78 is 5.16. The van der Waals surface area contributed by atoms with Crippen molar-refractivity contribution in [1.82, 2.24) is 0 Å². The normalized spacial score (nSPS) is 9.85. The van der Waals surface area contributed by atoms with Gasteiger partial charge in [-0.3, -0.25) is 4.79 Å². The van der Waals surface area contributed by atoms with E-state index in [0.717, 1.165) is 0 Å². The van der Waals surface area contributed by atoms with E-state index in [1.807, 2.05) is 6.07 Å². The van der Waals surface area contributed by atoms with E-state index < -0.39 is 5.97 Å². The minimum absolute atomic E-state index is 0.0325. The van der Waals surface area contributed by atoms with Gasteiger partial charge in [0, 0.05) is 15.6 Å². The van der Waals surface area contributed by atoms with Crippen molar-refractivity contribution in [2.24, 2.45) is 0 Å². The molecule has 0 aliphatic carbocycles. The van der Waals surface area contributed by atoms with Crippen LogP contribution in [0.4, 0.5) is 0 Å². The Hall–Kier alpha value is -2.02. The smallest absolute Gasteiger partial charge is 0.315 e. The first-order valence-corrected chi connectivity index (χ1v) is 6.49. The van der Waals surface area contributed by atoms with Crippen molar-refractivity contribution < 1.29 is 9.53 Å². The van der Waals surface area contributed by atoms with E-state index >= 15 is 0 Å². The van der Waals surface area contributed by atoms with Crippen LogP contribution >= 0.6 is 23.2 Å². The molecule has 0 atom stereocenters. The number of hydrogen-bond donors (Lipinski definition) is 0. The molecule has 2 aromatic carbocycles. The van der Waals surface area contributed by atoms with Crippen LogP contribution in [0.5, 0.6) is 5.75 Å². The van der Waals surface area contributed by atoms with Gasteiger partial charge in [0.15, 0.2) is 0 Å². The molecular weight excluding hydrogens is 297 g/mol. The zero-order valence-corrected chi connectivity index (χ0v) is 11.8. The Morgan fingerprint density at radius 2 is 1.80 bits per heavy atom. The third kappa shape index (κ3) is 3.51. The van der Waals surface area contributed by atoms with Crippen molar-refractivity contribution in [1.29, 1.82) is 5.26 Å². The molecule has 5 heteroatoms. The number of ether oxygens (including phenoxy) is 1. The molecule has 0 aromatic heterocycles. The molecule has 0 heterocycles. The molecule has 0 amide bonds. The van der Waals surface area contributed by atoms with Crippen LogP contribution < -0.4 is 4.74 Å². The molecule has 0 N–H and O–H groups in total. The Morgan fingerprint density at radius 1 is 1.15 bits per heavy atom. The van der Waals surface area contributed by atoms with Gasteiger partial charge in [0.25, 0.3) is 0 Å². The minimum atomic E-state index is -0.491. The minimum Gasteiger partial charge on any atom is -0.426 e. The number of rotatable bonds is 3. The molecule has 2 rings (SSSR count). The highest BCUT2D eigenvalue weighted by molar-refractivity contribution is 6.36. The van der Waals surface area contributed by atoms with Crippen LogP contribution in [-0.4, -0.2) is 5.97 Å². The number of nitriles is 1. The van der Waals surface area contributed by atoms with Gasteiger partial charge >= 0.3 is 5.97 Å². The van der Waals surface area contributed by atoms with E-state index in [0.29, 0.717) is 26.9 Å². The molecule has 0 bridgehead atoms. The molecule has 100 valence electrons. The number of hydrogen-bond acceptors (Lipinski definition) is 3. The lowest BCUT2D eigenvalue weighted by atomic mass is 10.1. The van der Waals surface area contributed by atoms with Crippen molar-refractivity contribution >= 4 is 29.2 Å². The second-order valence-corrected chi connectivity index (χ2v) is 4.81. The van der Waals surface area contributed by atoms with Gasteiger partial charge in [-0.2, -0.15) is 5.26 Å². The second-order valence-electron chi connectivity index (χ2n) is 3.99. The first-order valence-electron chi connectivity index (χ1n) is 5.74. The van der Waals surface area contributed by atoms with Crippen LogP contribution in [0.2, 0.25) is 10.0 Å². The van der Waals surface area contributed by atoms with Gasteiger partial charge in [-0.1, -0.05) is 35.3 Å². The lowest BCUT2D eigenvalue weighted by Crippen LogP contribution is -2.12. The summed E-state index contributed by atoms with van der Waals surface area (Å²) in [5.41, 5.74) is 0.948. The Bertz CT molecular complexity index is 672. The SMILES string of the molecule is N#Cc1cccc(OC(=O)Cc2c(Cl)cccc2Cl)c1. The summed E-state index contributed by atoms with van der Waals surface area (Å²) in [6.07, 6.45) is -0.0325. The molecule has 0 aliphatic heterocycles. The van der Waals surface area contributed by atoms with Crippen LogP contribution in [0, 0.1) is 11.3 Å². The topological polar surface area (TPSA) is 50.1 Å². The number of carbonyl (C=O) groups is 1. The number of benzene rings is 2.